The van der Waals surface area contributed by atoms with Gasteiger partial charge in [-0.25, -0.2) is 4.90 Å². The number of anilines is 1. The van der Waals surface area contributed by atoms with E-state index in [1.165, 1.54) is 4.90 Å². The molecule has 0 fully saturated rings. The van der Waals surface area contributed by atoms with Gasteiger partial charge in [0.1, 0.15) is 0 Å². The number of rotatable bonds is 6. The molecular weight excluding hydrogens is 478 g/mol. The predicted octanol–water partition coefficient (Wildman–Crippen LogP) is 8.38. The molecule has 0 unspecified atom stereocenters. The van der Waals surface area contributed by atoms with Crippen LogP contribution in [0.4, 0.5) is 5.69 Å². The van der Waals surface area contributed by atoms with Crippen molar-refractivity contribution in [2.45, 2.75) is 13.8 Å². The van der Waals surface area contributed by atoms with Crippen LogP contribution in [0.15, 0.2) is 133 Å². The molecule has 0 bridgehead atoms. The molecular formula is C36H29NO2. The van der Waals surface area contributed by atoms with Crippen molar-refractivity contribution < 1.29 is 9.59 Å². The lowest BCUT2D eigenvalue weighted by atomic mass is 9.95. The van der Waals surface area contributed by atoms with Crippen molar-refractivity contribution in [3.8, 4) is 0 Å². The quantitative estimate of drug-likeness (QED) is 0.171. The molecule has 3 nitrogen and oxygen atoms in total. The lowest BCUT2D eigenvalue weighted by Gasteiger charge is -2.22. The number of imide groups is 1. The summed E-state index contributed by atoms with van der Waals surface area (Å²) < 4.78 is 0. The molecule has 0 spiro atoms. The zero-order valence-corrected chi connectivity index (χ0v) is 22.0. The summed E-state index contributed by atoms with van der Waals surface area (Å²) in [5.74, 6) is -0.726. The van der Waals surface area contributed by atoms with Gasteiger partial charge in [0.25, 0.3) is 11.8 Å². The van der Waals surface area contributed by atoms with E-state index in [2.05, 4.69) is 30.3 Å². The van der Waals surface area contributed by atoms with Crippen LogP contribution < -0.4 is 4.90 Å². The molecule has 0 aliphatic heterocycles. The standard InChI is InChI=1S/C36H29NO2/c1-26-13-19-31(20-14-26)35(38)37(36(39)32-21-15-27(2)16-22-32)33-23-17-28(18-24-33)25-34(29-9-5-3-6-10-29)30-11-7-4-8-12-30/h3-25H,1-2H3. The highest BCUT2D eigenvalue weighted by atomic mass is 16.2. The van der Waals surface area contributed by atoms with Gasteiger partial charge in [0, 0.05) is 11.1 Å². The van der Waals surface area contributed by atoms with Gasteiger partial charge in [0.05, 0.1) is 5.69 Å². The zero-order valence-electron chi connectivity index (χ0n) is 22.0. The first kappa shape index (κ1) is 25.6. The van der Waals surface area contributed by atoms with Gasteiger partial charge in [0.2, 0.25) is 0 Å². The van der Waals surface area contributed by atoms with Gasteiger partial charge in [-0.05, 0) is 78.6 Å². The van der Waals surface area contributed by atoms with E-state index in [4.69, 9.17) is 0 Å². The van der Waals surface area contributed by atoms with Crippen LogP contribution >= 0.6 is 0 Å². The van der Waals surface area contributed by atoms with Gasteiger partial charge in [-0.15, -0.1) is 0 Å². The summed E-state index contributed by atoms with van der Waals surface area (Å²) in [5, 5.41) is 0. The van der Waals surface area contributed by atoms with Crippen LogP contribution in [0.1, 0.15) is 48.5 Å². The Morgan fingerprint density at radius 3 is 1.31 bits per heavy atom. The zero-order chi connectivity index (χ0) is 27.2. The van der Waals surface area contributed by atoms with Crippen molar-refractivity contribution in [3.63, 3.8) is 0 Å². The monoisotopic (exact) mass is 507 g/mol. The van der Waals surface area contributed by atoms with Crippen molar-refractivity contribution in [2.24, 2.45) is 0 Å². The minimum Gasteiger partial charge on any atom is -0.268 e. The molecule has 2 amide bonds. The maximum absolute atomic E-state index is 13.7. The van der Waals surface area contributed by atoms with E-state index in [-0.39, 0.29) is 11.8 Å². The summed E-state index contributed by atoms with van der Waals surface area (Å²) in [5.41, 5.74) is 7.81. The Hall–Kier alpha value is -5.02. The highest BCUT2D eigenvalue weighted by molar-refractivity contribution is 6.25. The van der Waals surface area contributed by atoms with Crippen LogP contribution in [0.5, 0.6) is 0 Å². The second kappa shape index (κ2) is 11.6. The maximum atomic E-state index is 13.7. The van der Waals surface area contributed by atoms with E-state index in [0.717, 1.165) is 33.4 Å². The second-order valence-electron chi connectivity index (χ2n) is 9.56. The van der Waals surface area contributed by atoms with Gasteiger partial charge in [0.15, 0.2) is 0 Å². The molecule has 5 aromatic carbocycles. The number of hydrogen-bond donors (Lipinski definition) is 0. The minimum atomic E-state index is -0.363. The highest BCUT2D eigenvalue weighted by Gasteiger charge is 2.26. The third-order valence-electron chi connectivity index (χ3n) is 6.64. The molecule has 0 radical (unpaired) electrons. The molecule has 0 aliphatic rings. The van der Waals surface area contributed by atoms with Crippen LogP contribution in [-0.4, -0.2) is 11.8 Å². The smallest absolute Gasteiger partial charge is 0.265 e. The van der Waals surface area contributed by atoms with Gasteiger partial charge in [-0.1, -0.05) is 108 Å². The number of carbonyl (C=O) groups excluding carboxylic acids is 2. The average molecular weight is 508 g/mol. The Bertz CT molecular complexity index is 1500. The first-order chi connectivity index (χ1) is 19.0. The third kappa shape index (κ3) is 5.94. The van der Waals surface area contributed by atoms with E-state index < -0.39 is 0 Å². The Morgan fingerprint density at radius 1 is 0.487 bits per heavy atom. The molecule has 0 aliphatic carbocycles. The van der Waals surface area contributed by atoms with E-state index in [1.807, 2.05) is 98.8 Å². The maximum Gasteiger partial charge on any atom is 0.265 e. The van der Waals surface area contributed by atoms with Crippen LogP contribution in [0, 0.1) is 13.8 Å². The lowest BCUT2D eigenvalue weighted by Crippen LogP contribution is -2.37. The molecule has 0 N–H and O–H groups in total. The average Bonchev–Trinajstić information content (AvgIpc) is 2.98. The molecule has 190 valence electrons. The summed E-state index contributed by atoms with van der Waals surface area (Å²) in [6.45, 7) is 3.93. The number of hydrogen-bond acceptors (Lipinski definition) is 2. The second-order valence-corrected chi connectivity index (χ2v) is 9.56. The fraction of sp³-hybridized carbons (Fsp3) is 0.0556. The van der Waals surface area contributed by atoms with Crippen LogP contribution in [0.3, 0.4) is 0 Å². The minimum absolute atomic E-state index is 0.363. The number of amides is 2. The lowest BCUT2D eigenvalue weighted by molar-refractivity contribution is 0.0897. The van der Waals surface area contributed by atoms with Crippen LogP contribution in [-0.2, 0) is 0 Å². The van der Waals surface area contributed by atoms with Gasteiger partial charge >= 0.3 is 0 Å². The van der Waals surface area contributed by atoms with Crippen LogP contribution in [0.25, 0.3) is 11.6 Å². The fourth-order valence-electron chi connectivity index (χ4n) is 4.43. The topological polar surface area (TPSA) is 37.4 Å². The molecule has 39 heavy (non-hydrogen) atoms. The SMILES string of the molecule is Cc1ccc(C(=O)N(C(=O)c2ccc(C)cc2)c2ccc(C=C(c3ccccc3)c3ccccc3)cc2)cc1. The van der Waals surface area contributed by atoms with E-state index in [1.54, 1.807) is 24.3 Å². The summed E-state index contributed by atoms with van der Waals surface area (Å²) in [7, 11) is 0. The Morgan fingerprint density at radius 2 is 0.897 bits per heavy atom. The van der Waals surface area contributed by atoms with E-state index in [0.29, 0.717) is 16.8 Å². The summed E-state index contributed by atoms with van der Waals surface area (Å²) >= 11 is 0. The molecule has 3 heteroatoms. The van der Waals surface area contributed by atoms with Crippen molar-refractivity contribution in [2.75, 3.05) is 4.90 Å². The number of benzene rings is 5. The largest absolute Gasteiger partial charge is 0.268 e. The number of nitrogens with zero attached hydrogens (tertiary/aromatic N) is 1. The summed E-state index contributed by atoms with van der Waals surface area (Å²) in [4.78, 5) is 28.6. The van der Waals surface area contributed by atoms with E-state index >= 15 is 0 Å². The summed E-state index contributed by atoms with van der Waals surface area (Å²) in [6.07, 6.45) is 2.13. The Balaban J connectivity index is 1.54. The van der Waals surface area contributed by atoms with Gasteiger partial charge < -0.3 is 0 Å². The van der Waals surface area contributed by atoms with E-state index in [9.17, 15) is 9.59 Å². The normalized spacial score (nSPS) is 10.5. The number of aryl methyl sites for hydroxylation is 2. The molecule has 0 heterocycles. The number of carbonyl (C=O) groups is 2. The molecule has 5 rings (SSSR count). The molecule has 0 saturated carbocycles. The first-order valence-corrected chi connectivity index (χ1v) is 12.9. The molecule has 0 aromatic heterocycles. The van der Waals surface area contributed by atoms with Crippen LogP contribution in [0.2, 0.25) is 0 Å². The van der Waals surface area contributed by atoms with Crippen molar-refractivity contribution in [3.05, 3.63) is 172 Å². The van der Waals surface area contributed by atoms with Gasteiger partial charge in [-0.2, -0.15) is 0 Å². The fourth-order valence-corrected chi connectivity index (χ4v) is 4.43. The molecule has 0 saturated heterocycles. The Labute approximate surface area is 229 Å². The van der Waals surface area contributed by atoms with Crippen molar-refractivity contribution in [1.29, 1.82) is 0 Å². The summed E-state index contributed by atoms with van der Waals surface area (Å²) in [6, 6.07) is 42.6. The molecule has 5 aromatic rings. The molecule has 0 atom stereocenters. The highest BCUT2D eigenvalue weighted by Crippen LogP contribution is 2.28. The van der Waals surface area contributed by atoms with Gasteiger partial charge in [-0.3, -0.25) is 9.59 Å². The van der Waals surface area contributed by atoms with Crippen molar-refractivity contribution >= 4 is 29.2 Å². The Kier molecular flexibility index (Phi) is 7.60. The first-order valence-electron chi connectivity index (χ1n) is 12.9. The third-order valence-corrected chi connectivity index (χ3v) is 6.64. The predicted molar refractivity (Wildman–Crippen MR) is 160 cm³/mol. The van der Waals surface area contributed by atoms with Crippen molar-refractivity contribution in [1.82, 2.24) is 0 Å².